The number of carboxylic acids is 1. The van der Waals surface area contributed by atoms with Gasteiger partial charge in [-0.3, -0.25) is 9.78 Å². The lowest BCUT2D eigenvalue weighted by atomic mass is 10.4. The van der Waals surface area contributed by atoms with E-state index in [9.17, 15) is 4.79 Å². The smallest absolute Gasteiger partial charge is 0.305 e. The van der Waals surface area contributed by atoms with Gasteiger partial charge in [-0.25, -0.2) is 0 Å². The van der Waals surface area contributed by atoms with Crippen molar-refractivity contribution in [3.63, 3.8) is 0 Å². The Labute approximate surface area is 107 Å². The van der Waals surface area contributed by atoms with Crippen molar-refractivity contribution in [1.82, 2.24) is 9.97 Å². The molecule has 0 aliphatic heterocycles. The first kappa shape index (κ1) is 14.2. The van der Waals surface area contributed by atoms with Crippen molar-refractivity contribution in [3.05, 3.63) is 12.4 Å². The number of hydrogen-bond donors (Lipinski definition) is 1. The van der Waals surface area contributed by atoms with Gasteiger partial charge in [-0.15, -0.1) is 0 Å². The van der Waals surface area contributed by atoms with Gasteiger partial charge in [-0.1, -0.05) is 0 Å². The number of aliphatic carboxylic acids is 1. The van der Waals surface area contributed by atoms with Gasteiger partial charge in [-0.05, 0) is 20.8 Å². The summed E-state index contributed by atoms with van der Waals surface area (Å²) in [5, 5.41) is 8.69. The molecule has 0 aliphatic carbocycles. The lowest BCUT2D eigenvalue weighted by Gasteiger charge is -2.21. The second-order valence-electron chi connectivity index (χ2n) is 4.11. The monoisotopic (exact) mass is 253 g/mol. The molecule has 1 aromatic rings. The predicted octanol–water partition coefficient (Wildman–Crippen LogP) is 1.56. The Balaban J connectivity index is 2.75. The maximum Gasteiger partial charge on any atom is 0.305 e. The van der Waals surface area contributed by atoms with Gasteiger partial charge < -0.3 is 14.7 Å². The van der Waals surface area contributed by atoms with E-state index in [0.717, 1.165) is 0 Å². The molecular weight excluding hydrogens is 234 g/mol. The molecule has 1 rings (SSSR count). The third-order valence-electron chi connectivity index (χ3n) is 2.26. The standard InChI is InChI=1S/C12H19N3O3/c1-4-15(6-5-12(16)17)10-7-13-8-11(14-10)18-9(2)3/h7-9H,4-6H2,1-3H3,(H,16,17). The largest absolute Gasteiger partial charge is 0.481 e. The minimum absolute atomic E-state index is 0.0312. The van der Waals surface area contributed by atoms with E-state index in [4.69, 9.17) is 9.84 Å². The fraction of sp³-hybridized carbons (Fsp3) is 0.583. The molecule has 0 aliphatic rings. The summed E-state index contributed by atoms with van der Waals surface area (Å²) < 4.78 is 5.46. The summed E-state index contributed by atoms with van der Waals surface area (Å²) in [5.41, 5.74) is 0. The van der Waals surface area contributed by atoms with Gasteiger partial charge in [-0.2, -0.15) is 4.98 Å². The van der Waals surface area contributed by atoms with Crippen molar-refractivity contribution < 1.29 is 14.6 Å². The molecular formula is C12H19N3O3. The first-order chi connectivity index (χ1) is 8.52. The van der Waals surface area contributed by atoms with Crippen molar-refractivity contribution in [1.29, 1.82) is 0 Å². The summed E-state index contributed by atoms with van der Waals surface area (Å²) in [6, 6.07) is 0. The molecule has 1 aromatic heterocycles. The molecule has 0 radical (unpaired) electrons. The van der Waals surface area contributed by atoms with E-state index < -0.39 is 5.97 Å². The number of hydrogen-bond acceptors (Lipinski definition) is 5. The molecule has 0 bridgehead atoms. The molecule has 0 saturated heterocycles. The lowest BCUT2D eigenvalue weighted by molar-refractivity contribution is -0.136. The molecule has 0 aromatic carbocycles. The second kappa shape index (κ2) is 6.78. The number of aromatic nitrogens is 2. The molecule has 0 atom stereocenters. The van der Waals surface area contributed by atoms with Crippen LogP contribution in [0.3, 0.4) is 0 Å². The maximum absolute atomic E-state index is 10.6. The van der Waals surface area contributed by atoms with Gasteiger partial charge in [0.15, 0.2) is 5.82 Å². The molecule has 1 N–H and O–H groups in total. The SMILES string of the molecule is CCN(CCC(=O)O)c1cncc(OC(C)C)n1. The van der Waals surface area contributed by atoms with Crippen molar-refractivity contribution in [2.24, 2.45) is 0 Å². The fourth-order valence-corrected chi connectivity index (χ4v) is 1.45. The van der Waals surface area contributed by atoms with Gasteiger partial charge in [0.05, 0.1) is 24.9 Å². The summed E-state index contributed by atoms with van der Waals surface area (Å²) in [6.07, 6.45) is 3.27. The van der Waals surface area contributed by atoms with Crippen LogP contribution in [0.25, 0.3) is 0 Å². The molecule has 0 spiro atoms. The highest BCUT2D eigenvalue weighted by molar-refractivity contribution is 5.67. The van der Waals surface area contributed by atoms with Crippen LogP contribution >= 0.6 is 0 Å². The van der Waals surface area contributed by atoms with Crippen LogP contribution < -0.4 is 9.64 Å². The van der Waals surface area contributed by atoms with Crippen LogP contribution in [-0.4, -0.2) is 40.2 Å². The Hall–Kier alpha value is -1.85. The van der Waals surface area contributed by atoms with Crippen LogP contribution in [0.4, 0.5) is 5.82 Å². The average Bonchev–Trinajstić information content (AvgIpc) is 2.29. The highest BCUT2D eigenvalue weighted by Crippen LogP contribution is 2.15. The number of ether oxygens (including phenoxy) is 1. The zero-order valence-corrected chi connectivity index (χ0v) is 11.0. The Morgan fingerprint density at radius 2 is 2.22 bits per heavy atom. The maximum atomic E-state index is 10.6. The number of carboxylic acid groups (broad SMARTS) is 1. The minimum atomic E-state index is -0.823. The topological polar surface area (TPSA) is 75.6 Å². The first-order valence-corrected chi connectivity index (χ1v) is 5.98. The Morgan fingerprint density at radius 1 is 1.50 bits per heavy atom. The van der Waals surface area contributed by atoms with E-state index in [1.807, 2.05) is 25.7 Å². The van der Waals surface area contributed by atoms with Gasteiger partial charge in [0.25, 0.3) is 0 Å². The molecule has 0 amide bonds. The van der Waals surface area contributed by atoms with Crippen LogP contribution in [0.2, 0.25) is 0 Å². The Bertz CT molecular complexity index is 396. The molecule has 1 heterocycles. The highest BCUT2D eigenvalue weighted by Gasteiger charge is 2.10. The summed E-state index contributed by atoms with van der Waals surface area (Å²) in [4.78, 5) is 20.8. The molecule has 6 nitrogen and oxygen atoms in total. The van der Waals surface area contributed by atoms with E-state index in [0.29, 0.717) is 24.8 Å². The Morgan fingerprint density at radius 3 is 2.78 bits per heavy atom. The van der Waals surface area contributed by atoms with Crippen molar-refractivity contribution in [2.75, 3.05) is 18.0 Å². The van der Waals surface area contributed by atoms with E-state index in [1.165, 1.54) is 0 Å². The third-order valence-corrected chi connectivity index (χ3v) is 2.26. The van der Waals surface area contributed by atoms with Gasteiger partial charge in [0.2, 0.25) is 5.88 Å². The molecule has 100 valence electrons. The summed E-state index contributed by atoms with van der Waals surface area (Å²) in [5.74, 6) is 0.268. The van der Waals surface area contributed by atoms with Crippen molar-refractivity contribution in [2.45, 2.75) is 33.3 Å². The zero-order chi connectivity index (χ0) is 13.5. The first-order valence-electron chi connectivity index (χ1n) is 5.98. The molecule has 0 saturated carbocycles. The number of rotatable bonds is 7. The summed E-state index contributed by atoms with van der Waals surface area (Å²) in [6.45, 7) is 6.85. The van der Waals surface area contributed by atoms with E-state index in [-0.39, 0.29) is 12.5 Å². The second-order valence-corrected chi connectivity index (χ2v) is 4.11. The van der Waals surface area contributed by atoms with Crippen LogP contribution in [0.1, 0.15) is 27.2 Å². The van der Waals surface area contributed by atoms with Crippen LogP contribution in [0, 0.1) is 0 Å². The minimum Gasteiger partial charge on any atom is -0.481 e. The van der Waals surface area contributed by atoms with Gasteiger partial charge in [0.1, 0.15) is 0 Å². The number of nitrogens with zero attached hydrogens (tertiary/aromatic N) is 3. The van der Waals surface area contributed by atoms with Crippen LogP contribution in [-0.2, 0) is 4.79 Å². The van der Waals surface area contributed by atoms with E-state index in [2.05, 4.69) is 9.97 Å². The normalized spacial score (nSPS) is 10.4. The third kappa shape index (κ3) is 4.57. The molecule has 0 fully saturated rings. The predicted molar refractivity (Wildman–Crippen MR) is 67.9 cm³/mol. The van der Waals surface area contributed by atoms with Crippen LogP contribution in [0.5, 0.6) is 5.88 Å². The molecule has 0 unspecified atom stereocenters. The number of anilines is 1. The molecule has 18 heavy (non-hydrogen) atoms. The van der Waals surface area contributed by atoms with Gasteiger partial charge in [0, 0.05) is 13.1 Å². The lowest BCUT2D eigenvalue weighted by Crippen LogP contribution is -2.27. The molecule has 6 heteroatoms. The quantitative estimate of drug-likeness (QED) is 0.794. The summed E-state index contributed by atoms with van der Waals surface area (Å²) in [7, 11) is 0. The van der Waals surface area contributed by atoms with Crippen molar-refractivity contribution >= 4 is 11.8 Å². The van der Waals surface area contributed by atoms with Gasteiger partial charge >= 0.3 is 5.97 Å². The average molecular weight is 253 g/mol. The van der Waals surface area contributed by atoms with E-state index >= 15 is 0 Å². The summed E-state index contributed by atoms with van der Waals surface area (Å²) >= 11 is 0. The van der Waals surface area contributed by atoms with E-state index in [1.54, 1.807) is 12.4 Å². The number of carbonyl (C=O) groups is 1. The fourth-order valence-electron chi connectivity index (χ4n) is 1.45. The van der Waals surface area contributed by atoms with Crippen LogP contribution in [0.15, 0.2) is 12.4 Å². The zero-order valence-electron chi connectivity index (χ0n) is 11.0. The Kier molecular flexibility index (Phi) is 5.35. The van der Waals surface area contributed by atoms with Crippen molar-refractivity contribution in [3.8, 4) is 5.88 Å². The highest BCUT2D eigenvalue weighted by atomic mass is 16.5.